The average Bonchev–Trinajstić information content (AvgIpc) is 3.40. The minimum atomic E-state index is 0.354. The molecule has 1 aliphatic rings. The van der Waals surface area contributed by atoms with Gasteiger partial charge in [0.25, 0.3) is 0 Å². The molecule has 31 heavy (non-hydrogen) atoms. The fourth-order valence-electron chi connectivity index (χ4n) is 4.24. The minimum Gasteiger partial charge on any atom is -0.383 e. The zero-order valence-electron chi connectivity index (χ0n) is 19.5. The molecule has 1 aromatic carbocycles. The molecule has 1 fully saturated rings. The molecule has 1 atom stereocenters. The molecular formula is C24H38N6O. The van der Waals surface area contributed by atoms with Crippen LogP contribution in [0.4, 0.5) is 0 Å². The Kier molecular flexibility index (Phi) is 8.91. The number of nitrogens with zero attached hydrogens (tertiary/aromatic N) is 4. The second kappa shape index (κ2) is 11.9. The zero-order chi connectivity index (χ0) is 22.1. The van der Waals surface area contributed by atoms with E-state index in [0.29, 0.717) is 19.2 Å². The molecule has 1 aliphatic heterocycles. The van der Waals surface area contributed by atoms with Gasteiger partial charge in [-0.15, -0.1) is 0 Å². The Labute approximate surface area is 186 Å². The third-order valence-electron chi connectivity index (χ3n) is 6.01. The molecule has 7 heteroatoms. The summed E-state index contributed by atoms with van der Waals surface area (Å²) in [6.07, 6.45) is 2.56. The number of hydrogen-bond acceptors (Lipinski definition) is 4. The summed E-state index contributed by atoms with van der Waals surface area (Å²) in [7, 11) is 1.72. The molecule has 0 radical (unpaired) electrons. The third-order valence-corrected chi connectivity index (χ3v) is 6.01. The first kappa shape index (κ1) is 23.3. The van der Waals surface area contributed by atoms with Gasteiger partial charge in [-0.2, -0.15) is 5.10 Å². The van der Waals surface area contributed by atoms with Gasteiger partial charge in [-0.1, -0.05) is 30.3 Å². The van der Waals surface area contributed by atoms with Gasteiger partial charge in [0.05, 0.1) is 31.4 Å². The van der Waals surface area contributed by atoms with Crippen LogP contribution in [0.5, 0.6) is 0 Å². The fourth-order valence-corrected chi connectivity index (χ4v) is 4.24. The normalized spacial score (nSPS) is 15.9. The maximum atomic E-state index is 5.20. The molecule has 0 bridgehead atoms. The maximum Gasteiger partial charge on any atom is 0.191 e. The topological polar surface area (TPSA) is 66.7 Å². The monoisotopic (exact) mass is 426 g/mol. The quantitative estimate of drug-likeness (QED) is 0.452. The number of benzene rings is 1. The van der Waals surface area contributed by atoms with Gasteiger partial charge in [0.2, 0.25) is 0 Å². The van der Waals surface area contributed by atoms with E-state index >= 15 is 0 Å². The molecule has 1 unspecified atom stereocenters. The summed E-state index contributed by atoms with van der Waals surface area (Å²) in [6.45, 7) is 12.3. The van der Waals surface area contributed by atoms with Gasteiger partial charge in [0, 0.05) is 31.5 Å². The summed E-state index contributed by atoms with van der Waals surface area (Å²) in [6, 6.07) is 11.2. The Bertz CT molecular complexity index is 826. The second-order valence-electron chi connectivity index (χ2n) is 8.11. The maximum absolute atomic E-state index is 5.20. The zero-order valence-corrected chi connectivity index (χ0v) is 19.5. The predicted octanol–water partition coefficient (Wildman–Crippen LogP) is 3.04. The smallest absolute Gasteiger partial charge is 0.191 e. The van der Waals surface area contributed by atoms with E-state index in [4.69, 9.17) is 9.73 Å². The molecule has 1 aromatic heterocycles. The van der Waals surface area contributed by atoms with Gasteiger partial charge in [-0.25, -0.2) is 4.99 Å². The van der Waals surface area contributed by atoms with Crippen LogP contribution in [0.15, 0.2) is 35.3 Å². The van der Waals surface area contributed by atoms with Crippen molar-refractivity contribution in [3.63, 3.8) is 0 Å². The molecule has 0 amide bonds. The van der Waals surface area contributed by atoms with Crippen LogP contribution in [-0.2, 0) is 17.8 Å². The van der Waals surface area contributed by atoms with Crippen LogP contribution in [0.3, 0.4) is 0 Å². The van der Waals surface area contributed by atoms with E-state index in [9.17, 15) is 0 Å². The van der Waals surface area contributed by atoms with Crippen LogP contribution in [0.1, 0.15) is 48.3 Å². The molecule has 1 saturated heterocycles. The SMILES string of the molecule is CCNC(=NCc1c(C)nn(CCOC)c1C)NCC(c1ccccc1)N1CCCC1. The van der Waals surface area contributed by atoms with Crippen molar-refractivity contribution in [1.29, 1.82) is 0 Å². The molecular weight excluding hydrogens is 388 g/mol. The van der Waals surface area contributed by atoms with Gasteiger partial charge in [-0.05, 0) is 52.3 Å². The van der Waals surface area contributed by atoms with E-state index in [1.165, 1.54) is 24.0 Å². The Morgan fingerprint density at radius 1 is 1.16 bits per heavy atom. The van der Waals surface area contributed by atoms with Crippen molar-refractivity contribution in [1.82, 2.24) is 25.3 Å². The van der Waals surface area contributed by atoms with Gasteiger partial charge < -0.3 is 15.4 Å². The lowest BCUT2D eigenvalue weighted by Crippen LogP contribution is -2.42. The van der Waals surface area contributed by atoms with Crippen molar-refractivity contribution >= 4 is 5.96 Å². The molecule has 0 aliphatic carbocycles. The van der Waals surface area contributed by atoms with Crippen LogP contribution in [0.25, 0.3) is 0 Å². The lowest BCUT2D eigenvalue weighted by molar-refractivity contribution is 0.182. The van der Waals surface area contributed by atoms with Crippen molar-refractivity contribution < 1.29 is 4.74 Å². The first-order chi connectivity index (χ1) is 15.1. The summed E-state index contributed by atoms with van der Waals surface area (Å²) in [5.41, 5.74) is 4.74. The number of nitrogens with one attached hydrogen (secondary N) is 2. The van der Waals surface area contributed by atoms with Gasteiger partial charge in [0.1, 0.15) is 0 Å². The number of aromatic nitrogens is 2. The standard InChI is InChI=1S/C24H38N6O/c1-5-25-24(26-17-22-19(2)28-30(20(22)3)15-16-31-4)27-18-23(29-13-9-10-14-29)21-11-7-6-8-12-21/h6-8,11-12,23H,5,9-10,13-18H2,1-4H3,(H2,25,26,27). The first-order valence-electron chi connectivity index (χ1n) is 11.5. The highest BCUT2D eigenvalue weighted by molar-refractivity contribution is 5.79. The summed E-state index contributed by atoms with van der Waals surface area (Å²) >= 11 is 0. The summed E-state index contributed by atoms with van der Waals surface area (Å²) in [5, 5.41) is 11.7. The van der Waals surface area contributed by atoms with E-state index < -0.39 is 0 Å². The van der Waals surface area contributed by atoms with E-state index in [1.54, 1.807) is 7.11 Å². The van der Waals surface area contributed by atoms with Crippen molar-refractivity contribution in [2.45, 2.75) is 52.7 Å². The number of guanidine groups is 1. The molecule has 2 aromatic rings. The summed E-state index contributed by atoms with van der Waals surface area (Å²) in [4.78, 5) is 7.47. The van der Waals surface area contributed by atoms with E-state index in [1.807, 2.05) is 4.68 Å². The number of ether oxygens (including phenoxy) is 1. The number of likely N-dealkylation sites (tertiary alicyclic amines) is 1. The van der Waals surface area contributed by atoms with Crippen LogP contribution in [0, 0.1) is 13.8 Å². The molecule has 2 heterocycles. The Balaban J connectivity index is 1.70. The highest BCUT2D eigenvalue weighted by Gasteiger charge is 2.23. The average molecular weight is 427 g/mol. The van der Waals surface area contributed by atoms with Crippen molar-refractivity contribution in [3.8, 4) is 0 Å². The molecule has 3 rings (SSSR count). The Morgan fingerprint density at radius 2 is 1.90 bits per heavy atom. The van der Waals surface area contributed by atoms with Crippen LogP contribution >= 0.6 is 0 Å². The highest BCUT2D eigenvalue weighted by Crippen LogP contribution is 2.24. The van der Waals surface area contributed by atoms with E-state index in [-0.39, 0.29) is 0 Å². The lowest BCUT2D eigenvalue weighted by Gasteiger charge is -2.29. The highest BCUT2D eigenvalue weighted by atomic mass is 16.5. The molecule has 170 valence electrons. The molecule has 0 saturated carbocycles. The Morgan fingerprint density at radius 3 is 2.58 bits per heavy atom. The molecule has 0 spiro atoms. The van der Waals surface area contributed by atoms with Crippen molar-refractivity contribution in [2.24, 2.45) is 4.99 Å². The number of aryl methyl sites for hydroxylation is 1. The molecule has 2 N–H and O–H groups in total. The van der Waals surface area contributed by atoms with E-state index in [0.717, 1.165) is 50.1 Å². The van der Waals surface area contributed by atoms with Gasteiger partial charge in [-0.3, -0.25) is 9.58 Å². The Hall–Kier alpha value is -2.38. The minimum absolute atomic E-state index is 0.354. The number of hydrogen-bond donors (Lipinski definition) is 2. The van der Waals surface area contributed by atoms with Crippen LogP contribution in [0.2, 0.25) is 0 Å². The van der Waals surface area contributed by atoms with Crippen molar-refractivity contribution in [3.05, 3.63) is 52.8 Å². The lowest BCUT2D eigenvalue weighted by atomic mass is 10.1. The van der Waals surface area contributed by atoms with E-state index in [2.05, 4.69) is 71.7 Å². The largest absolute Gasteiger partial charge is 0.383 e. The third kappa shape index (κ3) is 6.31. The second-order valence-corrected chi connectivity index (χ2v) is 8.11. The first-order valence-corrected chi connectivity index (χ1v) is 11.5. The summed E-state index contributed by atoms with van der Waals surface area (Å²) in [5.74, 6) is 0.853. The van der Waals surface area contributed by atoms with Crippen LogP contribution in [-0.4, -0.2) is 60.5 Å². The molecule has 7 nitrogen and oxygen atoms in total. The van der Waals surface area contributed by atoms with Crippen molar-refractivity contribution in [2.75, 3.05) is 39.9 Å². The van der Waals surface area contributed by atoms with Gasteiger partial charge >= 0.3 is 0 Å². The van der Waals surface area contributed by atoms with Gasteiger partial charge in [0.15, 0.2) is 5.96 Å². The number of rotatable bonds is 10. The fraction of sp³-hybridized carbons (Fsp3) is 0.583. The number of methoxy groups -OCH3 is 1. The van der Waals surface area contributed by atoms with Crippen LogP contribution < -0.4 is 10.6 Å². The predicted molar refractivity (Wildman–Crippen MR) is 126 cm³/mol. The summed E-state index contributed by atoms with van der Waals surface area (Å²) < 4.78 is 7.22. The number of aliphatic imine (C=N–C) groups is 1.